The monoisotopic (exact) mass is 914 g/mol. The average molecular weight is 915 g/mol. The van der Waals surface area contributed by atoms with Crippen LogP contribution < -0.4 is 22.2 Å². The third-order valence-electron chi connectivity index (χ3n) is 14.2. The summed E-state index contributed by atoms with van der Waals surface area (Å²) >= 11 is 0. The maximum atomic E-state index is 13.9. The number of methoxy groups -OCH3 is 2. The van der Waals surface area contributed by atoms with Gasteiger partial charge in [0.1, 0.15) is 17.7 Å². The summed E-state index contributed by atoms with van der Waals surface area (Å²) in [4.78, 5) is 95.5. The summed E-state index contributed by atoms with van der Waals surface area (Å²) in [7, 11) is 2.50. The number of nitrogens with one attached hydrogen (secondary N) is 3. The molecule has 9 rings (SSSR count). The van der Waals surface area contributed by atoms with Crippen LogP contribution in [0.5, 0.6) is 0 Å². The number of aromatic nitrogens is 4. The summed E-state index contributed by atoms with van der Waals surface area (Å²) in [6.07, 6.45) is 8.79. The predicted octanol–water partition coefficient (Wildman–Crippen LogP) is 7.62. The van der Waals surface area contributed by atoms with Gasteiger partial charge in [0.05, 0.1) is 48.1 Å². The smallest absolute Gasteiger partial charge is 0.407 e. The Balaban J connectivity index is 0.00000116. The molecular weight excluding hydrogens is 853 g/mol. The van der Waals surface area contributed by atoms with Crippen molar-refractivity contribution in [2.75, 3.05) is 27.3 Å². The van der Waals surface area contributed by atoms with Gasteiger partial charge in [0.15, 0.2) is 0 Å². The maximum Gasteiger partial charge on any atom is 0.407 e. The number of nitrogens with two attached hydrogens (primary N) is 1. The molecule has 0 radical (unpaired) electrons. The van der Waals surface area contributed by atoms with Gasteiger partial charge in [0.25, 0.3) is 11.1 Å². The zero-order valence-electron chi connectivity index (χ0n) is 39.3. The molecule has 16 nitrogen and oxygen atoms in total. The largest absolute Gasteiger partial charge is 0.453 e. The number of benzene rings is 3. The minimum Gasteiger partial charge on any atom is -0.453 e. The highest BCUT2D eigenvalue weighted by molar-refractivity contribution is 5.90. The lowest BCUT2D eigenvalue weighted by molar-refractivity contribution is -0.135. The molecule has 5 N–H and O–H groups in total. The van der Waals surface area contributed by atoms with E-state index in [2.05, 4.69) is 44.0 Å². The lowest BCUT2D eigenvalue weighted by atomic mass is 9.82. The van der Waals surface area contributed by atoms with Crippen LogP contribution in [0.1, 0.15) is 120 Å². The summed E-state index contributed by atoms with van der Waals surface area (Å²) in [5.74, 6) is 0.951. The molecule has 3 fully saturated rings. The number of likely N-dealkylation sites (tertiary alicyclic amines) is 2. The van der Waals surface area contributed by atoms with Crippen molar-refractivity contribution in [3.8, 4) is 22.3 Å². The van der Waals surface area contributed by atoms with Gasteiger partial charge >= 0.3 is 12.2 Å². The number of hydrogen-bond donors (Lipinski definition) is 4. The molecule has 0 bridgehead atoms. The van der Waals surface area contributed by atoms with E-state index >= 15 is 0 Å². The van der Waals surface area contributed by atoms with Crippen molar-refractivity contribution in [2.45, 2.75) is 116 Å². The second-order valence-electron chi connectivity index (χ2n) is 19.5. The molecule has 67 heavy (non-hydrogen) atoms. The van der Waals surface area contributed by atoms with Gasteiger partial charge in [-0.2, -0.15) is 0 Å². The van der Waals surface area contributed by atoms with E-state index in [4.69, 9.17) is 14.7 Å². The van der Waals surface area contributed by atoms with Crippen LogP contribution >= 0.6 is 0 Å². The first-order chi connectivity index (χ1) is 32.1. The molecule has 2 aliphatic carbocycles. The first-order valence-corrected chi connectivity index (χ1v) is 23.6. The molecule has 3 aromatic carbocycles. The van der Waals surface area contributed by atoms with E-state index in [0.29, 0.717) is 59.4 Å². The second kappa shape index (κ2) is 19.3. The van der Waals surface area contributed by atoms with Crippen LogP contribution in [0.2, 0.25) is 0 Å². The Bertz CT molecular complexity index is 2850. The molecule has 2 aliphatic heterocycles. The van der Waals surface area contributed by atoms with Crippen LogP contribution in [0.25, 0.3) is 44.1 Å². The van der Waals surface area contributed by atoms with Gasteiger partial charge in [0.2, 0.25) is 11.8 Å². The van der Waals surface area contributed by atoms with Crippen LogP contribution in [0.15, 0.2) is 58.1 Å². The van der Waals surface area contributed by atoms with Crippen LogP contribution in [0, 0.1) is 17.3 Å². The molecule has 5 aromatic rings. The molecule has 2 aromatic heterocycles. The molecule has 1 saturated carbocycles. The minimum atomic E-state index is -0.773. The number of aromatic amines is 2. The number of amides is 4. The van der Waals surface area contributed by atoms with E-state index in [0.717, 1.165) is 54.4 Å². The third kappa shape index (κ3) is 9.52. The van der Waals surface area contributed by atoms with E-state index in [1.54, 1.807) is 4.90 Å². The lowest BCUT2D eigenvalue weighted by Gasteiger charge is -2.30. The van der Waals surface area contributed by atoms with Gasteiger partial charge < -0.3 is 40.3 Å². The third-order valence-corrected chi connectivity index (χ3v) is 14.2. The average Bonchev–Trinajstić information content (AvgIpc) is 4.15. The number of fused-ring (bicyclic) bond motifs is 3. The van der Waals surface area contributed by atoms with Crippen molar-refractivity contribution in [2.24, 2.45) is 23.0 Å². The summed E-state index contributed by atoms with van der Waals surface area (Å²) in [6.45, 7) is 9.00. The minimum absolute atomic E-state index is 0.105. The van der Waals surface area contributed by atoms with Crippen molar-refractivity contribution in [3.05, 3.63) is 92.0 Å². The van der Waals surface area contributed by atoms with E-state index in [1.165, 1.54) is 51.0 Å². The van der Waals surface area contributed by atoms with Crippen molar-refractivity contribution in [3.63, 3.8) is 0 Å². The van der Waals surface area contributed by atoms with Crippen molar-refractivity contribution in [1.29, 1.82) is 0 Å². The standard InChI is InChI=1S/C49H57N7O6.C2H5NO2/c1-27(2)22-41(57)55-20-8-10-39(55)43-50-37-16-12-29(23-33(37)45(58)53-43)31-14-15-32(36-26-49(25-35(31)36)18-6-7-19-49)30-13-17-38-34(24-30)46(59)54-44(51-38)40-11-9-21-56(40)47(60)42(28(3)4)52-48(61)62-5;1-5-2(3)4/h12-17,23-24,27-28,39-40,42H,6-11,18-22,25-26H2,1-5H3,(H,52,61)(H,50,53,58)(H,51,54,59);1H3,(H2,3,4)/t39-,40?,42?;/m0./s1. The first-order valence-electron chi connectivity index (χ1n) is 23.6. The summed E-state index contributed by atoms with van der Waals surface area (Å²) in [5, 5.41) is 3.69. The molecule has 4 aliphatic rings. The number of carbonyl (C=O) groups is 4. The highest BCUT2D eigenvalue weighted by atomic mass is 16.5. The molecule has 2 saturated heterocycles. The number of nitrogens with zero attached hydrogens (tertiary/aromatic N) is 4. The van der Waals surface area contributed by atoms with Gasteiger partial charge in [-0.05, 0) is 126 Å². The second-order valence-corrected chi connectivity index (χ2v) is 19.5. The van der Waals surface area contributed by atoms with E-state index in [9.17, 15) is 28.8 Å². The number of carbonyl (C=O) groups excluding carboxylic acids is 4. The van der Waals surface area contributed by atoms with Gasteiger partial charge in [-0.15, -0.1) is 0 Å². The van der Waals surface area contributed by atoms with E-state index in [1.807, 2.05) is 62.9 Å². The Kier molecular flexibility index (Phi) is 13.5. The quantitative estimate of drug-likeness (QED) is 0.113. The Morgan fingerprint density at radius 1 is 0.746 bits per heavy atom. The highest BCUT2D eigenvalue weighted by Gasteiger charge is 2.42. The lowest BCUT2D eigenvalue weighted by Crippen LogP contribution is -2.51. The maximum absolute atomic E-state index is 13.9. The topological polar surface area (TPSA) is 223 Å². The van der Waals surface area contributed by atoms with Crippen molar-refractivity contribution < 1.29 is 28.7 Å². The van der Waals surface area contributed by atoms with Crippen LogP contribution in [0.3, 0.4) is 0 Å². The fourth-order valence-electron chi connectivity index (χ4n) is 10.9. The van der Waals surface area contributed by atoms with Gasteiger partial charge in [-0.3, -0.25) is 19.2 Å². The highest BCUT2D eigenvalue weighted by Crippen LogP contribution is 2.53. The summed E-state index contributed by atoms with van der Waals surface area (Å²) in [6, 6.07) is 14.8. The molecule has 4 amide bonds. The van der Waals surface area contributed by atoms with Crippen LogP contribution in [-0.4, -0.2) is 87.1 Å². The number of hydrogen-bond acceptors (Lipinski definition) is 10. The van der Waals surface area contributed by atoms with E-state index in [-0.39, 0.29) is 46.2 Å². The molecule has 16 heteroatoms. The molecule has 4 heterocycles. The Labute approximate surface area is 389 Å². The predicted molar refractivity (Wildman–Crippen MR) is 255 cm³/mol. The Hall–Kier alpha value is -6.58. The van der Waals surface area contributed by atoms with Gasteiger partial charge in [0, 0.05) is 19.5 Å². The molecule has 2 unspecified atom stereocenters. The number of H-pyrrole nitrogens is 2. The Morgan fingerprint density at radius 3 is 1.70 bits per heavy atom. The molecule has 3 atom stereocenters. The molecule has 354 valence electrons. The van der Waals surface area contributed by atoms with Crippen LogP contribution in [-0.2, 0) is 31.9 Å². The Morgan fingerprint density at radius 2 is 1.24 bits per heavy atom. The number of ether oxygens (including phenoxy) is 2. The zero-order chi connectivity index (χ0) is 47.7. The fraction of sp³-hybridized carbons (Fsp3) is 0.490. The van der Waals surface area contributed by atoms with Crippen molar-refractivity contribution in [1.82, 2.24) is 35.1 Å². The normalized spacial score (nSPS) is 18.9. The molecular formula is C51H62N8O8. The number of primary amides is 1. The SMILES string of the molecule is COC(=O)NC(C(=O)N1CCCC1c1nc2ccc(-c3ccc(-c4ccc5nc([C@@H]6CCCN6C(=O)CC(C)C)[nH]c(=O)c5c4)c4c3CC3(CCCC3)C4)cc2c(=O)[nH]1)C(C)C.COC(N)=O. The summed E-state index contributed by atoms with van der Waals surface area (Å²) < 4.78 is 8.67. The van der Waals surface area contributed by atoms with Gasteiger partial charge in [-0.1, -0.05) is 64.8 Å². The van der Waals surface area contributed by atoms with E-state index < -0.39 is 24.3 Å². The number of alkyl carbamates (subject to hydrolysis) is 1. The molecule has 1 spiro atoms. The zero-order valence-corrected chi connectivity index (χ0v) is 39.3. The van der Waals surface area contributed by atoms with Crippen LogP contribution in [0.4, 0.5) is 9.59 Å². The fourth-order valence-corrected chi connectivity index (χ4v) is 10.9. The first kappa shape index (κ1) is 46.9. The summed E-state index contributed by atoms with van der Waals surface area (Å²) in [5.41, 5.74) is 12.1. The number of rotatable bonds is 9. The van der Waals surface area contributed by atoms with Gasteiger partial charge in [-0.25, -0.2) is 19.6 Å². The van der Waals surface area contributed by atoms with Crippen molar-refractivity contribution >= 4 is 45.8 Å².